The Kier molecular flexibility index (Phi) is 10.2. The lowest BCUT2D eigenvalue weighted by Crippen LogP contribution is -2.57. The minimum atomic E-state index is -1.25. The zero-order valence-corrected chi connectivity index (χ0v) is 19.9. The predicted octanol–water partition coefficient (Wildman–Crippen LogP) is -0.764. The second kappa shape index (κ2) is 12.8. The maximum absolute atomic E-state index is 13.2. The largest absolute Gasteiger partial charge is 0.481 e. The van der Waals surface area contributed by atoms with Crippen LogP contribution >= 0.6 is 0 Å². The van der Waals surface area contributed by atoms with Gasteiger partial charge in [-0.05, 0) is 31.6 Å². The van der Waals surface area contributed by atoms with E-state index in [9.17, 15) is 29.1 Å². The Balaban J connectivity index is 2.13. The third kappa shape index (κ3) is 8.35. The van der Waals surface area contributed by atoms with E-state index in [4.69, 9.17) is 10.8 Å². The van der Waals surface area contributed by atoms with Crippen LogP contribution in [0.4, 0.5) is 0 Å². The van der Waals surface area contributed by atoms with Gasteiger partial charge in [0, 0.05) is 31.3 Å². The van der Waals surface area contributed by atoms with Crippen LogP contribution in [0.1, 0.15) is 51.6 Å². The van der Waals surface area contributed by atoms with Gasteiger partial charge in [-0.15, -0.1) is 0 Å². The van der Waals surface area contributed by atoms with E-state index in [1.807, 2.05) is 13.8 Å². The molecule has 0 aromatic carbocycles. The molecule has 194 valence electrons. The molecular formula is C22H34N6O7. The maximum Gasteiger partial charge on any atom is 0.326 e. The lowest BCUT2D eigenvalue weighted by molar-refractivity contribution is -0.149. The van der Waals surface area contributed by atoms with Crippen molar-refractivity contribution in [1.82, 2.24) is 25.5 Å². The Morgan fingerprint density at radius 2 is 1.86 bits per heavy atom. The number of aromatic nitrogens is 2. The summed E-state index contributed by atoms with van der Waals surface area (Å²) >= 11 is 0. The van der Waals surface area contributed by atoms with E-state index in [-0.39, 0.29) is 31.7 Å². The van der Waals surface area contributed by atoms with Crippen molar-refractivity contribution >= 4 is 29.7 Å². The number of aromatic amines is 1. The van der Waals surface area contributed by atoms with Crippen molar-refractivity contribution in [1.29, 1.82) is 0 Å². The number of imidazole rings is 1. The highest BCUT2D eigenvalue weighted by Gasteiger charge is 2.38. The molecule has 0 spiro atoms. The minimum Gasteiger partial charge on any atom is -0.481 e. The summed E-state index contributed by atoms with van der Waals surface area (Å²) in [5, 5.41) is 23.6. The molecule has 1 fully saturated rings. The van der Waals surface area contributed by atoms with Crippen LogP contribution in [0.5, 0.6) is 0 Å². The molecule has 0 radical (unpaired) electrons. The monoisotopic (exact) mass is 494 g/mol. The highest BCUT2D eigenvalue weighted by molar-refractivity contribution is 5.94. The van der Waals surface area contributed by atoms with Crippen molar-refractivity contribution in [3.8, 4) is 0 Å². The van der Waals surface area contributed by atoms with Crippen LogP contribution in [-0.4, -0.2) is 85.5 Å². The molecule has 4 atom stereocenters. The van der Waals surface area contributed by atoms with Crippen LogP contribution in [0.3, 0.4) is 0 Å². The topological polar surface area (TPSA) is 208 Å². The second-order valence-electron chi connectivity index (χ2n) is 9.10. The zero-order valence-electron chi connectivity index (χ0n) is 19.9. The van der Waals surface area contributed by atoms with Gasteiger partial charge in [-0.25, -0.2) is 9.78 Å². The van der Waals surface area contributed by atoms with Gasteiger partial charge in [-0.3, -0.25) is 19.2 Å². The molecule has 3 amide bonds. The summed E-state index contributed by atoms with van der Waals surface area (Å²) in [6.45, 7) is 3.97. The van der Waals surface area contributed by atoms with Gasteiger partial charge in [0.15, 0.2) is 0 Å². The molecule has 1 aliphatic heterocycles. The summed E-state index contributed by atoms with van der Waals surface area (Å²) in [5.41, 5.74) is 6.54. The van der Waals surface area contributed by atoms with Crippen LogP contribution in [0, 0.1) is 5.92 Å². The number of nitrogens with zero attached hydrogens (tertiary/aromatic N) is 2. The van der Waals surface area contributed by atoms with E-state index in [2.05, 4.69) is 20.6 Å². The van der Waals surface area contributed by atoms with E-state index in [0.29, 0.717) is 18.5 Å². The molecule has 35 heavy (non-hydrogen) atoms. The first-order chi connectivity index (χ1) is 16.5. The van der Waals surface area contributed by atoms with E-state index in [1.165, 1.54) is 17.4 Å². The van der Waals surface area contributed by atoms with Crippen LogP contribution in [-0.2, 0) is 30.4 Å². The number of likely N-dealkylation sites (tertiary alicyclic amines) is 1. The highest BCUT2D eigenvalue weighted by atomic mass is 16.4. The van der Waals surface area contributed by atoms with E-state index >= 15 is 0 Å². The fraction of sp³-hybridized carbons (Fsp3) is 0.636. The molecular weight excluding hydrogens is 460 g/mol. The third-order valence-corrected chi connectivity index (χ3v) is 5.75. The van der Waals surface area contributed by atoms with Crippen molar-refractivity contribution in [2.45, 2.75) is 76.5 Å². The van der Waals surface area contributed by atoms with Gasteiger partial charge in [0.05, 0.1) is 12.4 Å². The van der Waals surface area contributed by atoms with Crippen LogP contribution in [0.15, 0.2) is 12.5 Å². The van der Waals surface area contributed by atoms with Crippen molar-refractivity contribution in [3.63, 3.8) is 0 Å². The minimum absolute atomic E-state index is 0.00924. The first kappa shape index (κ1) is 27.8. The average molecular weight is 495 g/mol. The number of amides is 3. The molecule has 2 rings (SSSR count). The smallest absolute Gasteiger partial charge is 0.326 e. The molecule has 1 aromatic rings. The fourth-order valence-electron chi connectivity index (χ4n) is 3.99. The molecule has 1 saturated heterocycles. The summed E-state index contributed by atoms with van der Waals surface area (Å²) in [6, 6.07) is -4.25. The number of carbonyl (C=O) groups excluding carboxylic acids is 3. The number of carbonyl (C=O) groups is 5. The van der Waals surface area contributed by atoms with Gasteiger partial charge >= 0.3 is 11.9 Å². The molecule has 1 aromatic heterocycles. The number of rotatable bonds is 13. The molecule has 0 aliphatic carbocycles. The van der Waals surface area contributed by atoms with Gasteiger partial charge < -0.3 is 36.5 Å². The summed E-state index contributed by atoms with van der Waals surface area (Å²) in [7, 11) is 0. The highest BCUT2D eigenvalue weighted by Crippen LogP contribution is 2.20. The Labute approximate surface area is 202 Å². The van der Waals surface area contributed by atoms with Gasteiger partial charge in [-0.1, -0.05) is 13.8 Å². The number of hydrogen-bond donors (Lipinski definition) is 6. The predicted molar refractivity (Wildman–Crippen MR) is 123 cm³/mol. The van der Waals surface area contributed by atoms with E-state index < -0.39 is 60.2 Å². The summed E-state index contributed by atoms with van der Waals surface area (Å²) in [4.78, 5) is 69.4. The molecule has 1 aliphatic rings. The normalized spacial score (nSPS) is 18.1. The standard InChI is InChI=1S/C22H34N6O7/c1-12(2)8-16(21(33)28-7-3-4-17(28)22(34)35)27-20(32)15(5-6-18(29)30)26-19(31)14(23)9-13-10-24-11-25-13/h10-12,14-17H,3-9,23H2,1-2H3,(H,24,25)(H,26,31)(H,27,32)(H,29,30)(H,34,35). The zero-order chi connectivity index (χ0) is 26.1. The third-order valence-electron chi connectivity index (χ3n) is 5.75. The number of carboxylic acid groups (broad SMARTS) is 2. The van der Waals surface area contributed by atoms with Gasteiger partial charge in [-0.2, -0.15) is 0 Å². The summed E-state index contributed by atoms with van der Waals surface area (Å²) in [5.74, 6) is -4.19. The quantitative estimate of drug-likeness (QED) is 0.203. The Bertz CT molecular complexity index is 904. The number of aliphatic carboxylic acids is 2. The number of nitrogens with two attached hydrogens (primary N) is 1. The molecule has 2 heterocycles. The maximum atomic E-state index is 13.2. The Morgan fingerprint density at radius 3 is 2.43 bits per heavy atom. The van der Waals surface area contributed by atoms with E-state index in [1.54, 1.807) is 0 Å². The van der Waals surface area contributed by atoms with Gasteiger partial charge in [0.2, 0.25) is 17.7 Å². The van der Waals surface area contributed by atoms with Crippen molar-refractivity contribution < 1.29 is 34.2 Å². The SMILES string of the molecule is CC(C)CC(NC(=O)C(CCC(=O)O)NC(=O)C(N)Cc1cnc[nH]1)C(=O)N1CCCC1C(=O)O. The molecule has 0 saturated carbocycles. The number of carboxylic acids is 2. The molecule has 7 N–H and O–H groups in total. The van der Waals surface area contributed by atoms with Gasteiger partial charge in [0.1, 0.15) is 18.1 Å². The molecule has 0 bridgehead atoms. The Hall–Kier alpha value is -3.48. The first-order valence-corrected chi connectivity index (χ1v) is 11.6. The number of hydrogen-bond acceptors (Lipinski definition) is 7. The number of nitrogens with one attached hydrogen (secondary N) is 3. The van der Waals surface area contributed by atoms with Crippen LogP contribution in [0.25, 0.3) is 0 Å². The van der Waals surface area contributed by atoms with Gasteiger partial charge in [0.25, 0.3) is 0 Å². The first-order valence-electron chi connectivity index (χ1n) is 11.6. The average Bonchev–Trinajstić information content (AvgIpc) is 3.47. The number of H-pyrrole nitrogens is 1. The van der Waals surface area contributed by atoms with Crippen molar-refractivity contribution in [3.05, 3.63) is 18.2 Å². The van der Waals surface area contributed by atoms with Crippen molar-refractivity contribution in [2.75, 3.05) is 6.54 Å². The lowest BCUT2D eigenvalue weighted by Gasteiger charge is -2.29. The van der Waals surface area contributed by atoms with E-state index in [0.717, 1.165) is 0 Å². The summed E-state index contributed by atoms with van der Waals surface area (Å²) < 4.78 is 0. The summed E-state index contributed by atoms with van der Waals surface area (Å²) in [6.07, 6.45) is 3.56. The Morgan fingerprint density at radius 1 is 1.17 bits per heavy atom. The van der Waals surface area contributed by atoms with Crippen LogP contribution < -0.4 is 16.4 Å². The molecule has 4 unspecified atom stereocenters. The fourth-order valence-corrected chi connectivity index (χ4v) is 3.99. The van der Waals surface area contributed by atoms with Crippen LogP contribution in [0.2, 0.25) is 0 Å². The molecule has 13 heteroatoms. The van der Waals surface area contributed by atoms with Crippen molar-refractivity contribution in [2.24, 2.45) is 11.7 Å². The lowest BCUT2D eigenvalue weighted by atomic mass is 10.0. The second-order valence-corrected chi connectivity index (χ2v) is 9.10. The molecule has 13 nitrogen and oxygen atoms in total.